The molecule has 38 heavy (non-hydrogen) atoms. The van der Waals surface area contributed by atoms with E-state index in [1.807, 2.05) is 44.2 Å². The Bertz CT molecular complexity index is 1380. The zero-order valence-corrected chi connectivity index (χ0v) is 24.6. The normalized spacial score (nSPS) is 12.0. The van der Waals surface area contributed by atoms with Crippen LogP contribution in [0.5, 0.6) is 0 Å². The molecule has 0 aromatic heterocycles. The lowest BCUT2D eigenvalue weighted by Crippen LogP contribution is -2.51. The van der Waals surface area contributed by atoms with Crippen molar-refractivity contribution in [2.24, 2.45) is 0 Å². The maximum absolute atomic E-state index is 13.9. The van der Waals surface area contributed by atoms with Crippen molar-refractivity contribution in [2.75, 3.05) is 17.4 Å². The third-order valence-corrected chi connectivity index (χ3v) is 8.50. The van der Waals surface area contributed by atoms with Gasteiger partial charge in [0.15, 0.2) is 0 Å². The molecule has 3 rings (SSSR count). The molecule has 0 heterocycles. The highest BCUT2D eigenvalue weighted by Crippen LogP contribution is 2.27. The van der Waals surface area contributed by atoms with Crippen LogP contribution in [0.3, 0.4) is 0 Å². The van der Waals surface area contributed by atoms with Crippen molar-refractivity contribution in [3.63, 3.8) is 0 Å². The first-order valence-electron chi connectivity index (χ1n) is 12.5. The van der Waals surface area contributed by atoms with Crippen LogP contribution in [-0.2, 0) is 26.2 Å². The molecule has 0 aliphatic heterocycles. The molecule has 9 heteroatoms. The second kappa shape index (κ2) is 13.1. The topological polar surface area (TPSA) is 86.8 Å². The first-order chi connectivity index (χ1) is 18.0. The SMILES string of the molecule is CCCNC(=O)C(C)N(Cc1cccc(Br)c1)C(=O)CN(c1ccccc1C)S(=O)(=O)c1ccc(C)cc1. The summed E-state index contributed by atoms with van der Waals surface area (Å²) in [7, 11) is -4.08. The average molecular weight is 601 g/mol. The van der Waals surface area contributed by atoms with Crippen LogP contribution in [0.1, 0.15) is 37.0 Å². The molecule has 3 aromatic rings. The van der Waals surface area contributed by atoms with Crippen molar-refractivity contribution in [2.45, 2.75) is 51.6 Å². The van der Waals surface area contributed by atoms with Gasteiger partial charge in [-0.15, -0.1) is 0 Å². The standard InChI is InChI=1S/C29H34BrN3O4S/c1-5-17-31-29(35)23(4)32(19-24-10-8-11-25(30)18-24)28(34)20-33(27-12-7-6-9-22(27)3)38(36,37)26-15-13-21(2)14-16-26/h6-16,18,23H,5,17,19-20H2,1-4H3,(H,31,35). The van der Waals surface area contributed by atoms with Gasteiger partial charge in [0, 0.05) is 17.6 Å². The molecule has 0 aliphatic carbocycles. The number of rotatable bonds is 11. The summed E-state index contributed by atoms with van der Waals surface area (Å²) in [5.74, 6) is -0.776. The minimum absolute atomic E-state index is 0.0893. The molecule has 0 fully saturated rings. The van der Waals surface area contributed by atoms with Gasteiger partial charge >= 0.3 is 0 Å². The molecule has 0 radical (unpaired) electrons. The summed E-state index contributed by atoms with van der Waals surface area (Å²) < 4.78 is 29.7. The van der Waals surface area contributed by atoms with Gasteiger partial charge in [0.05, 0.1) is 10.6 Å². The molecule has 0 aliphatic rings. The second-order valence-corrected chi connectivity index (χ2v) is 12.0. The van der Waals surface area contributed by atoms with E-state index in [0.717, 1.165) is 26.3 Å². The van der Waals surface area contributed by atoms with Crippen molar-refractivity contribution in [3.05, 3.63) is 94.0 Å². The lowest BCUT2D eigenvalue weighted by Gasteiger charge is -2.32. The number of nitrogens with one attached hydrogen (secondary N) is 1. The Morgan fingerprint density at radius 1 is 0.974 bits per heavy atom. The smallest absolute Gasteiger partial charge is 0.264 e. The van der Waals surface area contributed by atoms with Gasteiger partial charge in [0.2, 0.25) is 11.8 Å². The minimum atomic E-state index is -4.08. The number of anilines is 1. The molecule has 1 unspecified atom stereocenters. The summed E-state index contributed by atoms with van der Waals surface area (Å²) >= 11 is 3.45. The fourth-order valence-electron chi connectivity index (χ4n) is 4.00. The lowest BCUT2D eigenvalue weighted by molar-refractivity contribution is -0.139. The Balaban J connectivity index is 2.03. The highest BCUT2D eigenvalue weighted by Gasteiger charge is 2.33. The number of para-hydroxylation sites is 1. The molecule has 1 atom stereocenters. The molecule has 7 nitrogen and oxygen atoms in total. The maximum atomic E-state index is 13.9. The molecule has 2 amide bonds. The van der Waals surface area contributed by atoms with Gasteiger partial charge in [-0.05, 0) is 68.7 Å². The first-order valence-corrected chi connectivity index (χ1v) is 14.7. The number of amides is 2. The number of benzene rings is 3. The molecule has 0 bridgehead atoms. The quantitative estimate of drug-likeness (QED) is 0.328. The van der Waals surface area contributed by atoms with Crippen LogP contribution in [-0.4, -0.2) is 44.3 Å². The van der Waals surface area contributed by atoms with Gasteiger partial charge in [-0.2, -0.15) is 0 Å². The number of nitrogens with zero attached hydrogens (tertiary/aromatic N) is 2. The third kappa shape index (κ3) is 7.23. The zero-order valence-electron chi connectivity index (χ0n) is 22.1. The number of carbonyl (C=O) groups excluding carboxylic acids is 2. The summed E-state index contributed by atoms with van der Waals surface area (Å²) in [6, 6.07) is 20.2. The second-order valence-electron chi connectivity index (χ2n) is 9.23. The summed E-state index contributed by atoms with van der Waals surface area (Å²) in [5, 5.41) is 2.85. The van der Waals surface area contributed by atoms with Crippen molar-refractivity contribution in [3.8, 4) is 0 Å². The summed E-state index contributed by atoms with van der Waals surface area (Å²) in [5.41, 5.74) is 2.86. The molecule has 0 saturated carbocycles. The van der Waals surface area contributed by atoms with Gasteiger partial charge in [-0.25, -0.2) is 8.42 Å². The van der Waals surface area contributed by atoms with E-state index < -0.39 is 28.5 Å². The van der Waals surface area contributed by atoms with Crippen molar-refractivity contribution < 1.29 is 18.0 Å². The number of hydrogen-bond donors (Lipinski definition) is 1. The van der Waals surface area contributed by atoms with Crippen LogP contribution in [0.4, 0.5) is 5.69 Å². The van der Waals surface area contributed by atoms with E-state index in [0.29, 0.717) is 17.8 Å². The molecule has 0 spiro atoms. The third-order valence-electron chi connectivity index (χ3n) is 6.23. The largest absolute Gasteiger partial charge is 0.354 e. The number of hydrogen-bond acceptors (Lipinski definition) is 4. The van der Waals surface area contributed by atoms with E-state index in [1.54, 1.807) is 56.3 Å². The van der Waals surface area contributed by atoms with Crippen LogP contribution in [0.25, 0.3) is 0 Å². The van der Waals surface area contributed by atoms with Crippen molar-refractivity contribution in [1.29, 1.82) is 0 Å². The fourth-order valence-corrected chi connectivity index (χ4v) is 5.93. The molecular formula is C29H34BrN3O4S. The van der Waals surface area contributed by atoms with Crippen LogP contribution in [0, 0.1) is 13.8 Å². The summed E-state index contributed by atoms with van der Waals surface area (Å²) in [4.78, 5) is 28.3. The van der Waals surface area contributed by atoms with E-state index in [1.165, 1.54) is 4.90 Å². The Hall–Kier alpha value is -3.17. The maximum Gasteiger partial charge on any atom is 0.264 e. The van der Waals surface area contributed by atoms with Crippen LogP contribution >= 0.6 is 15.9 Å². The number of halogens is 1. The molecule has 202 valence electrons. The zero-order chi connectivity index (χ0) is 27.9. The number of sulfonamides is 1. The Morgan fingerprint density at radius 2 is 1.66 bits per heavy atom. The molecule has 0 saturated heterocycles. The number of aryl methyl sites for hydroxylation is 2. The van der Waals surface area contributed by atoms with E-state index in [4.69, 9.17) is 0 Å². The van der Waals surface area contributed by atoms with E-state index >= 15 is 0 Å². The predicted molar refractivity (Wildman–Crippen MR) is 154 cm³/mol. The van der Waals surface area contributed by atoms with E-state index in [2.05, 4.69) is 21.2 Å². The Labute approximate surface area is 234 Å². The first kappa shape index (κ1) is 29.4. The van der Waals surface area contributed by atoms with Gasteiger partial charge in [-0.1, -0.05) is 70.9 Å². The highest BCUT2D eigenvalue weighted by molar-refractivity contribution is 9.10. The summed E-state index contributed by atoms with van der Waals surface area (Å²) in [6.07, 6.45) is 0.758. The predicted octanol–water partition coefficient (Wildman–Crippen LogP) is 5.20. The van der Waals surface area contributed by atoms with Crippen molar-refractivity contribution in [1.82, 2.24) is 10.2 Å². The van der Waals surface area contributed by atoms with Crippen LogP contribution in [0.15, 0.2) is 82.2 Å². The van der Waals surface area contributed by atoms with Crippen molar-refractivity contribution >= 4 is 43.5 Å². The molecule has 1 N–H and O–H groups in total. The van der Waals surface area contributed by atoms with Gasteiger partial charge in [-0.3, -0.25) is 13.9 Å². The minimum Gasteiger partial charge on any atom is -0.354 e. The summed E-state index contributed by atoms with van der Waals surface area (Å²) in [6.45, 7) is 7.46. The average Bonchev–Trinajstić information content (AvgIpc) is 2.89. The Morgan fingerprint density at radius 3 is 2.29 bits per heavy atom. The lowest BCUT2D eigenvalue weighted by atomic mass is 10.1. The van der Waals surface area contributed by atoms with E-state index in [-0.39, 0.29) is 17.3 Å². The highest BCUT2D eigenvalue weighted by atomic mass is 79.9. The van der Waals surface area contributed by atoms with Gasteiger partial charge in [0.25, 0.3) is 10.0 Å². The Kier molecular flexibility index (Phi) is 10.1. The van der Waals surface area contributed by atoms with E-state index in [9.17, 15) is 18.0 Å². The monoisotopic (exact) mass is 599 g/mol. The van der Waals surface area contributed by atoms with Gasteiger partial charge in [0.1, 0.15) is 12.6 Å². The van der Waals surface area contributed by atoms with Crippen LogP contribution < -0.4 is 9.62 Å². The van der Waals surface area contributed by atoms with Gasteiger partial charge < -0.3 is 10.2 Å². The van der Waals surface area contributed by atoms with Crippen LogP contribution in [0.2, 0.25) is 0 Å². The number of carbonyl (C=O) groups is 2. The molecular weight excluding hydrogens is 566 g/mol. The fraction of sp³-hybridized carbons (Fsp3) is 0.310. The molecule has 3 aromatic carbocycles.